The zero-order chi connectivity index (χ0) is 12.6. The highest BCUT2D eigenvalue weighted by molar-refractivity contribution is 4.90. The van der Waals surface area contributed by atoms with Crippen molar-refractivity contribution in [1.29, 1.82) is 0 Å². The van der Waals surface area contributed by atoms with Crippen molar-refractivity contribution in [3.05, 3.63) is 0 Å². The molecule has 1 atom stereocenters. The molecule has 0 radical (unpaired) electrons. The van der Waals surface area contributed by atoms with Crippen LogP contribution in [-0.2, 0) is 0 Å². The molecule has 0 aliphatic carbocycles. The van der Waals surface area contributed by atoms with E-state index in [0.717, 1.165) is 6.04 Å². The van der Waals surface area contributed by atoms with Gasteiger partial charge >= 0.3 is 0 Å². The Morgan fingerprint density at radius 1 is 1.06 bits per heavy atom. The van der Waals surface area contributed by atoms with Crippen LogP contribution in [0.4, 0.5) is 0 Å². The quantitative estimate of drug-likeness (QED) is 0.736. The van der Waals surface area contributed by atoms with Gasteiger partial charge in [-0.1, -0.05) is 6.92 Å². The first kappa shape index (κ1) is 12.9. The molecule has 3 rings (SSSR count). The predicted molar refractivity (Wildman–Crippen MR) is 75.9 cm³/mol. The van der Waals surface area contributed by atoms with E-state index in [1.54, 1.807) is 0 Å². The normalized spacial score (nSPS) is 34.7. The lowest BCUT2D eigenvalue weighted by atomic mass is 9.80. The lowest BCUT2D eigenvalue weighted by molar-refractivity contribution is 0.0421. The van der Waals surface area contributed by atoms with Crippen LogP contribution in [-0.4, -0.2) is 73.6 Å². The topological polar surface area (TPSA) is 9.72 Å². The van der Waals surface area contributed by atoms with Gasteiger partial charge in [0.15, 0.2) is 0 Å². The number of hydrogen-bond donors (Lipinski definition) is 0. The number of nitrogens with zero attached hydrogens (tertiary/aromatic N) is 3. The van der Waals surface area contributed by atoms with Gasteiger partial charge in [-0.2, -0.15) is 0 Å². The van der Waals surface area contributed by atoms with E-state index >= 15 is 0 Å². The van der Waals surface area contributed by atoms with Gasteiger partial charge in [0.25, 0.3) is 0 Å². The highest BCUT2D eigenvalue weighted by Gasteiger charge is 2.35. The number of rotatable bonds is 2. The van der Waals surface area contributed by atoms with E-state index in [0.29, 0.717) is 5.41 Å². The maximum atomic E-state index is 2.76. The van der Waals surface area contributed by atoms with Gasteiger partial charge in [0, 0.05) is 32.2 Å². The number of piperazine rings is 1. The molecule has 3 fully saturated rings. The third kappa shape index (κ3) is 2.73. The zero-order valence-electron chi connectivity index (χ0n) is 12.2. The Hall–Kier alpha value is -0.120. The third-order valence-corrected chi connectivity index (χ3v) is 5.47. The lowest BCUT2D eigenvalue weighted by Crippen LogP contribution is -2.53. The summed E-state index contributed by atoms with van der Waals surface area (Å²) in [5, 5.41) is 0. The van der Waals surface area contributed by atoms with Gasteiger partial charge in [-0.25, -0.2) is 0 Å². The molecule has 3 saturated heterocycles. The summed E-state index contributed by atoms with van der Waals surface area (Å²) in [6.45, 7) is 11.8. The first-order chi connectivity index (χ1) is 8.65. The van der Waals surface area contributed by atoms with Crippen molar-refractivity contribution in [1.82, 2.24) is 14.7 Å². The average molecular weight is 251 g/mol. The van der Waals surface area contributed by atoms with Gasteiger partial charge in [0.05, 0.1) is 0 Å². The highest BCUT2D eigenvalue weighted by Crippen LogP contribution is 2.32. The first-order valence-electron chi connectivity index (χ1n) is 7.80. The minimum absolute atomic E-state index is 0.577. The molecule has 0 aromatic heterocycles. The largest absolute Gasteiger partial charge is 0.306 e. The van der Waals surface area contributed by atoms with E-state index in [1.807, 2.05) is 0 Å². The Bertz CT molecular complexity index is 283. The minimum atomic E-state index is 0.577. The maximum absolute atomic E-state index is 2.76. The SMILES string of the molecule is CN1CCC(C)(CN2CCN3CCCC3C2)CC1. The van der Waals surface area contributed by atoms with Crippen molar-refractivity contribution in [3.8, 4) is 0 Å². The first-order valence-corrected chi connectivity index (χ1v) is 7.80. The second-order valence-corrected chi connectivity index (χ2v) is 7.18. The molecular weight excluding hydrogens is 222 g/mol. The van der Waals surface area contributed by atoms with Crippen LogP contribution in [0.1, 0.15) is 32.6 Å². The lowest BCUT2D eigenvalue weighted by Gasteiger charge is -2.45. The highest BCUT2D eigenvalue weighted by atomic mass is 15.3. The molecular formula is C15H29N3. The van der Waals surface area contributed by atoms with Crippen molar-refractivity contribution in [3.63, 3.8) is 0 Å². The van der Waals surface area contributed by atoms with Gasteiger partial charge in [0.1, 0.15) is 0 Å². The Morgan fingerprint density at radius 2 is 1.83 bits per heavy atom. The van der Waals surface area contributed by atoms with Crippen molar-refractivity contribution >= 4 is 0 Å². The molecule has 0 aromatic carbocycles. The summed E-state index contributed by atoms with van der Waals surface area (Å²) < 4.78 is 0. The minimum Gasteiger partial charge on any atom is -0.306 e. The van der Waals surface area contributed by atoms with Crippen LogP contribution in [0, 0.1) is 5.41 Å². The molecule has 1 unspecified atom stereocenters. The van der Waals surface area contributed by atoms with E-state index in [-0.39, 0.29) is 0 Å². The van der Waals surface area contributed by atoms with Gasteiger partial charge in [-0.15, -0.1) is 0 Å². The molecule has 3 aliphatic rings. The Balaban J connectivity index is 1.53. The Labute approximate surface area is 112 Å². The van der Waals surface area contributed by atoms with Crippen molar-refractivity contribution in [2.45, 2.75) is 38.6 Å². The second kappa shape index (κ2) is 5.10. The molecule has 0 amide bonds. The summed E-state index contributed by atoms with van der Waals surface area (Å²) in [5.41, 5.74) is 0.577. The molecule has 0 N–H and O–H groups in total. The molecule has 0 spiro atoms. The molecule has 3 heteroatoms. The summed E-state index contributed by atoms with van der Waals surface area (Å²) in [6.07, 6.45) is 5.64. The third-order valence-electron chi connectivity index (χ3n) is 5.47. The van der Waals surface area contributed by atoms with E-state index < -0.39 is 0 Å². The van der Waals surface area contributed by atoms with Crippen molar-refractivity contribution < 1.29 is 0 Å². The fourth-order valence-electron chi connectivity index (χ4n) is 4.06. The van der Waals surface area contributed by atoms with Gasteiger partial charge in [0.2, 0.25) is 0 Å². The number of fused-ring (bicyclic) bond motifs is 1. The van der Waals surface area contributed by atoms with Crippen LogP contribution in [0.3, 0.4) is 0 Å². The van der Waals surface area contributed by atoms with Gasteiger partial charge < -0.3 is 4.90 Å². The van der Waals surface area contributed by atoms with Crippen molar-refractivity contribution in [2.24, 2.45) is 5.41 Å². The second-order valence-electron chi connectivity index (χ2n) is 7.18. The van der Waals surface area contributed by atoms with Crippen LogP contribution >= 0.6 is 0 Å². The molecule has 18 heavy (non-hydrogen) atoms. The maximum Gasteiger partial charge on any atom is 0.0224 e. The molecule has 3 aliphatic heterocycles. The van der Waals surface area contributed by atoms with Crippen molar-refractivity contribution in [2.75, 3.05) is 52.9 Å². The average Bonchev–Trinajstić information content (AvgIpc) is 2.81. The van der Waals surface area contributed by atoms with Crippen LogP contribution in [0.15, 0.2) is 0 Å². The van der Waals surface area contributed by atoms with E-state index in [4.69, 9.17) is 0 Å². The Morgan fingerprint density at radius 3 is 2.61 bits per heavy atom. The van der Waals surface area contributed by atoms with Gasteiger partial charge in [-0.3, -0.25) is 9.80 Å². The fourth-order valence-corrected chi connectivity index (χ4v) is 4.06. The van der Waals surface area contributed by atoms with Crippen LogP contribution in [0.25, 0.3) is 0 Å². The molecule has 0 bridgehead atoms. The van der Waals surface area contributed by atoms with Crippen LogP contribution < -0.4 is 0 Å². The summed E-state index contributed by atoms with van der Waals surface area (Å²) in [7, 11) is 2.26. The van der Waals surface area contributed by atoms with E-state index in [1.165, 1.54) is 71.5 Å². The van der Waals surface area contributed by atoms with Crippen LogP contribution in [0.2, 0.25) is 0 Å². The summed E-state index contributed by atoms with van der Waals surface area (Å²) in [4.78, 5) is 7.96. The molecule has 3 heterocycles. The summed E-state index contributed by atoms with van der Waals surface area (Å²) in [6, 6.07) is 0.883. The number of hydrogen-bond acceptors (Lipinski definition) is 3. The number of likely N-dealkylation sites (tertiary alicyclic amines) is 1. The smallest absolute Gasteiger partial charge is 0.0224 e. The zero-order valence-corrected chi connectivity index (χ0v) is 12.2. The molecule has 104 valence electrons. The standard InChI is InChI=1S/C15H29N3/c1-15(5-8-16(2)9-6-15)13-17-10-11-18-7-3-4-14(18)12-17/h14H,3-13H2,1-2H3. The Kier molecular flexibility index (Phi) is 3.65. The monoisotopic (exact) mass is 251 g/mol. The fraction of sp³-hybridized carbons (Fsp3) is 1.00. The molecule has 0 aromatic rings. The predicted octanol–water partition coefficient (Wildman–Crippen LogP) is 1.50. The van der Waals surface area contributed by atoms with Gasteiger partial charge in [-0.05, 0) is 57.8 Å². The summed E-state index contributed by atoms with van der Waals surface area (Å²) >= 11 is 0. The molecule has 0 saturated carbocycles. The number of piperidine rings is 1. The van der Waals surface area contributed by atoms with Crippen LogP contribution in [0.5, 0.6) is 0 Å². The molecule has 3 nitrogen and oxygen atoms in total. The van der Waals surface area contributed by atoms with E-state index in [9.17, 15) is 0 Å². The summed E-state index contributed by atoms with van der Waals surface area (Å²) in [5.74, 6) is 0. The van der Waals surface area contributed by atoms with E-state index in [2.05, 4.69) is 28.7 Å².